The lowest BCUT2D eigenvalue weighted by molar-refractivity contribution is -0.122. The SMILES string of the molecule is O=C(CN1CCC[C@H](C(=O)c2cccs2)C1)NCc1ccccc1. The number of nitrogens with one attached hydrogen (secondary N) is 1. The summed E-state index contributed by atoms with van der Waals surface area (Å²) in [5, 5.41) is 4.89. The van der Waals surface area contributed by atoms with Gasteiger partial charge in [-0.05, 0) is 36.4 Å². The smallest absolute Gasteiger partial charge is 0.234 e. The van der Waals surface area contributed by atoms with Gasteiger partial charge in [0.2, 0.25) is 5.91 Å². The molecule has 5 heteroatoms. The zero-order valence-corrected chi connectivity index (χ0v) is 14.4. The third-order valence-corrected chi connectivity index (χ3v) is 5.22. The summed E-state index contributed by atoms with van der Waals surface area (Å²) < 4.78 is 0. The Kier molecular flexibility index (Phi) is 5.77. The predicted molar refractivity (Wildman–Crippen MR) is 96.1 cm³/mol. The van der Waals surface area contributed by atoms with Gasteiger partial charge in [0.15, 0.2) is 5.78 Å². The number of Topliss-reactive ketones (excluding diaryl/α,β-unsaturated/α-hetero) is 1. The Morgan fingerprint density at radius 3 is 2.75 bits per heavy atom. The van der Waals surface area contributed by atoms with E-state index in [9.17, 15) is 9.59 Å². The van der Waals surface area contributed by atoms with Crippen molar-refractivity contribution in [1.29, 1.82) is 0 Å². The van der Waals surface area contributed by atoms with Crippen LogP contribution in [0.15, 0.2) is 47.8 Å². The third-order valence-electron chi connectivity index (χ3n) is 4.34. The van der Waals surface area contributed by atoms with E-state index >= 15 is 0 Å². The molecule has 0 saturated carbocycles. The summed E-state index contributed by atoms with van der Waals surface area (Å²) in [7, 11) is 0. The van der Waals surface area contributed by atoms with Crippen LogP contribution in [0.4, 0.5) is 0 Å². The second kappa shape index (κ2) is 8.22. The van der Waals surface area contributed by atoms with Gasteiger partial charge in [-0.25, -0.2) is 0 Å². The topological polar surface area (TPSA) is 49.4 Å². The minimum absolute atomic E-state index is 0.0133. The van der Waals surface area contributed by atoms with Crippen LogP contribution in [0.2, 0.25) is 0 Å². The molecule has 0 unspecified atom stereocenters. The molecule has 1 aromatic heterocycles. The zero-order chi connectivity index (χ0) is 16.8. The van der Waals surface area contributed by atoms with Gasteiger partial charge in [0.25, 0.3) is 0 Å². The summed E-state index contributed by atoms with van der Waals surface area (Å²) in [6.07, 6.45) is 1.88. The molecule has 2 aromatic rings. The first-order valence-electron chi connectivity index (χ1n) is 8.33. The average molecular weight is 342 g/mol. The molecule has 1 atom stereocenters. The van der Waals surface area contributed by atoms with Crippen molar-refractivity contribution in [2.45, 2.75) is 19.4 Å². The molecule has 0 spiro atoms. The molecule has 1 N–H and O–H groups in total. The highest BCUT2D eigenvalue weighted by atomic mass is 32.1. The fourth-order valence-electron chi connectivity index (χ4n) is 3.09. The van der Waals surface area contributed by atoms with Crippen LogP contribution in [-0.4, -0.2) is 36.2 Å². The molecule has 1 aliphatic rings. The lowest BCUT2D eigenvalue weighted by Crippen LogP contribution is -2.44. The van der Waals surface area contributed by atoms with E-state index in [4.69, 9.17) is 0 Å². The van der Waals surface area contributed by atoms with E-state index in [0.29, 0.717) is 19.6 Å². The molecule has 0 radical (unpaired) electrons. The van der Waals surface area contributed by atoms with Gasteiger partial charge in [-0.15, -0.1) is 11.3 Å². The van der Waals surface area contributed by atoms with Crippen molar-refractivity contribution < 1.29 is 9.59 Å². The van der Waals surface area contributed by atoms with Crippen LogP contribution in [0, 0.1) is 5.92 Å². The van der Waals surface area contributed by atoms with Gasteiger partial charge >= 0.3 is 0 Å². The summed E-state index contributed by atoms with van der Waals surface area (Å²) >= 11 is 1.50. The highest BCUT2D eigenvalue weighted by Crippen LogP contribution is 2.23. The molecule has 126 valence electrons. The molecular formula is C19H22N2O2S. The van der Waals surface area contributed by atoms with Gasteiger partial charge in [-0.1, -0.05) is 36.4 Å². The van der Waals surface area contributed by atoms with Gasteiger partial charge < -0.3 is 5.32 Å². The molecule has 24 heavy (non-hydrogen) atoms. The van der Waals surface area contributed by atoms with Crippen molar-refractivity contribution in [3.63, 3.8) is 0 Å². The lowest BCUT2D eigenvalue weighted by atomic mass is 9.93. The largest absolute Gasteiger partial charge is 0.351 e. The highest BCUT2D eigenvalue weighted by molar-refractivity contribution is 7.12. The molecule has 4 nitrogen and oxygen atoms in total. The summed E-state index contributed by atoms with van der Waals surface area (Å²) in [6.45, 7) is 2.47. The zero-order valence-electron chi connectivity index (χ0n) is 13.6. The van der Waals surface area contributed by atoms with Crippen LogP contribution in [-0.2, 0) is 11.3 Å². The molecule has 0 aliphatic carbocycles. The van der Waals surface area contributed by atoms with Crippen LogP contribution >= 0.6 is 11.3 Å². The molecule has 2 heterocycles. The van der Waals surface area contributed by atoms with E-state index in [1.165, 1.54) is 11.3 Å². The van der Waals surface area contributed by atoms with Crippen LogP contribution < -0.4 is 5.32 Å². The number of piperidine rings is 1. The quantitative estimate of drug-likeness (QED) is 0.821. The van der Waals surface area contributed by atoms with Crippen molar-refractivity contribution in [2.75, 3.05) is 19.6 Å². The fraction of sp³-hybridized carbons (Fsp3) is 0.368. The van der Waals surface area contributed by atoms with Gasteiger partial charge in [-0.3, -0.25) is 14.5 Å². The maximum absolute atomic E-state index is 12.5. The number of carbonyl (C=O) groups is 2. The summed E-state index contributed by atoms with van der Waals surface area (Å²) in [5.41, 5.74) is 1.09. The van der Waals surface area contributed by atoms with Crippen LogP contribution in [0.3, 0.4) is 0 Å². The monoisotopic (exact) mass is 342 g/mol. The van der Waals surface area contributed by atoms with Crippen LogP contribution in [0.5, 0.6) is 0 Å². The first-order chi connectivity index (χ1) is 11.7. The number of ketones is 1. The van der Waals surface area contributed by atoms with Gasteiger partial charge in [0.05, 0.1) is 11.4 Å². The molecule has 1 fully saturated rings. The number of hydrogen-bond acceptors (Lipinski definition) is 4. The number of rotatable bonds is 6. The Bertz CT molecular complexity index is 670. The van der Waals surface area contributed by atoms with Crippen molar-refractivity contribution in [2.24, 2.45) is 5.92 Å². The minimum atomic E-state index is 0.0133. The molecule has 1 amide bonds. The Balaban J connectivity index is 1.48. The Morgan fingerprint density at radius 1 is 1.17 bits per heavy atom. The van der Waals surface area contributed by atoms with Crippen molar-refractivity contribution >= 4 is 23.0 Å². The summed E-state index contributed by atoms with van der Waals surface area (Å²) in [6, 6.07) is 13.7. The highest BCUT2D eigenvalue weighted by Gasteiger charge is 2.27. The maximum atomic E-state index is 12.5. The van der Waals surface area contributed by atoms with E-state index in [1.807, 2.05) is 47.8 Å². The Labute approximate surface area is 146 Å². The minimum Gasteiger partial charge on any atom is -0.351 e. The fourth-order valence-corrected chi connectivity index (χ4v) is 3.83. The van der Waals surface area contributed by atoms with Crippen molar-refractivity contribution in [1.82, 2.24) is 10.2 Å². The maximum Gasteiger partial charge on any atom is 0.234 e. The predicted octanol–water partition coefficient (Wildman–Crippen LogP) is 2.96. The first-order valence-corrected chi connectivity index (χ1v) is 9.21. The van der Waals surface area contributed by atoms with Gasteiger partial charge in [0.1, 0.15) is 0 Å². The third kappa shape index (κ3) is 4.52. The second-order valence-corrected chi connectivity index (χ2v) is 7.13. The molecule has 3 rings (SSSR count). The van der Waals surface area contributed by atoms with E-state index in [0.717, 1.165) is 29.8 Å². The first kappa shape index (κ1) is 16.9. The normalized spacial score (nSPS) is 18.2. The second-order valence-electron chi connectivity index (χ2n) is 6.18. The number of carbonyl (C=O) groups excluding carboxylic acids is 2. The number of benzene rings is 1. The number of thiophene rings is 1. The van der Waals surface area contributed by atoms with E-state index in [2.05, 4.69) is 10.2 Å². The van der Waals surface area contributed by atoms with E-state index < -0.39 is 0 Å². The van der Waals surface area contributed by atoms with Crippen LogP contribution in [0.1, 0.15) is 28.1 Å². The van der Waals surface area contributed by atoms with Gasteiger partial charge in [-0.2, -0.15) is 0 Å². The number of likely N-dealkylation sites (tertiary alicyclic amines) is 1. The molecule has 1 aliphatic heterocycles. The average Bonchev–Trinajstić information content (AvgIpc) is 3.15. The van der Waals surface area contributed by atoms with Crippen molar-refractivity contribution in [3.8, 4) is 0 Å². The summed E-state index contributed by atoms with van der Waals surface area (Å²) in [4.78, 5) is 27.6. The van der Waals surface area contributed by atoms with Gasteiger partial charge in [0, 0.05) is 19.0 Å². The molecule has 1 saturated heterocycles. The van der Waals surface area contributed by atoms with E-state index in [-0.39, 0.29) is 17.6 Å². The summed E-state index contributed by atoms with van der Waals surface area (Å²) in [5.74, 6) is 0.252. The molecule has 1 aromatic carbocycles. The van der Waals surface area contributed by atoms with Crippen molar-refractivity contribution in [3.05, 3.63) is 58.3 Å². The van der Waals surface area contributed by atoms with Crippen LogP contribution in [0.25, 0.3) is 0 Å². The number of amides is 1. The molecular weight excluding hydrogens is 320 g/mol. The van der Waals surface area contributed by atoms with E-state index in [1.54, 1.807) is 0 Å². The number of hydrogen-bond donors (Lipinski definition) is 1. The lowest BCUT2D eigenvalue weighted by Gasteiger charge is -2.31. The number of nitrogens with zero attached hydrogens (tertiary/aromatic N) is 1. The Hall–Kier alpha value is -1.98. The molecule has 0 bridgehead atoms. The Morgan fingerprint density at radius 2 is 2.00 bits per heavy atom. The standard InChI is InChI=1S/C19H22N2O2S/c22-18(20-12-15-6-2-1-3-7-15)14-21-10-4-8-16(13-21)19(23)17-9-5-11-24-17/h1-3,5-7,9,11,16H,4,8,10,12-14H2,(H,20,22)/t16-/m0/s1.